The van der Waals surface area contributed by atoms with Gasteiger partial charge in [-0.2, -0.15) is 13.2 Å². The van der Waals surface area contributed by atoms with Crippen LogP contribution in [0, 0.1) is 0 Å². The van der Waals surface area contributed by atoms with Crippen molar-refractivity contribution < 1.29 is 18.3 Å². The number of nitrogens with two attached hydrogens (primary N) is 1. The topological polar surface area (TPSA) is 49.5 Å². The van der Waals surface area contributed by atoms with Gasteiger partial charge in [-0.25, -0.2) is 0 Å². The number of halogens is 3. The van der Waals surface area contributed by atoms with Gasteiger partial charge in [0.2, 0.25) is 0 Å². The fourth-order valence-corrected chi connectivity index (χ4v) is 3.51. The molecule has 2 aromatic carbocycles. The highest BCUT2D eigenvalue weighted by molar-refractivity contribution is 5.17. The van der Waals surface area contributed by atoms with Crippen LogP contribution >= 0.6 is 0 Å². The zero-order valence-corrected chi connectivity index (χ0v) is 17.6. The van der Waals surface area contributed by atoms with Crippen LogP contribution in [-0.2, 0) is 13.1 Å². The molecule has 3 N–H and O–H groups in total. The zero-order chi connectivity index (χ0) is 22.0. The molecule has 30 heavy (non-hydrogen) atoms. The van der Waals surface area contributed by atoms with Crippen LogP contribution in [0.15, 0.2) is 60.7 Å². The molecule has 3 nitrogen and oxygen atoms in total. The van der Waals surface area contributed by atoms with Crippen molar-refractivity contribution in [3.8, 4) is 0 Å². The van der Waals surface area contributed by atoms with E-state index in [0.29, 0.717) is 6.92 Å². The summed E-state index contributed by atoms with van der Waals surface area (Å²) in [7, 11) is 0. The SMILES string of the molecule is CC(O)(CN)C(F)(F)F.c1ccc(CN(Cc2ccccc2)C2CCCCC2)cc1. The van der Waals surface area contributed by atoms with Crippen LogP contribution in [0.2, 0.25) is 0 Å². The lowest BCUT2D eigenvalue weighted by atomic mass is 9.93. The van der Waals surface area contributed by atoms with Crippen LogP contribution < -0.4 is 5.73 Å². The van der Waals surface area contributed by atoms with E-state index in [2.05, 4.69) is 71.3 Å². The third-order valence-corrected chi connectivity index (χ3v) is 5.56. The fraction of sp³-hybridized carbons (Fsp3) is 0.500. The number of nitrogens with zero attached hydrogens (tertiary/aromatic N) is 1. The highest BCUT2D eigenvalue weighted by Crippen LogP contribution is 2.28. The second-order valence-electron chi connectivity index (χ2n) is 8.14. The number of hydrogen-bond acceptors (Lipinski definition) is 3. The number of alkyl halides is 3. The van der Waals surface area contributed by atoms with Gasteiger partial charge < -0.3 is 10.8 Å². The van der Waals surface area contributed by atoms with Crippen LogP contribution in [-0.4, -0.2) is 34.4 Å². The smallest absolute Gasteiger partial charge is 0.380 e. The minimum absolute atomic E-state index is 0.632. The van der Waals surface area contributed by atoms with Crippen LogP contribution in [0.3, 0.4) is 0 Å². The summed E-state index contributed by atoms with van der Waals surface area (Å²) in [5.41, 5.74) is 4.74. The van der Waals surface area contributed by atoms with E-state index in [1.54, 1.807) is 0 Å². The van der Waals surface area contributed by atoms with Crippen molar-refractivity contribution in [2.24, 2.45) is 5.73 Å². The first-order valence-corrected chi connectivity index (χ1v) is 10.5. The highest BCUT2D eigenvalue weighted by atomic mass is 19.4. The Morgan fingerprint density at radius 3 is 1.63 bits per heavy atom. The Morgan fingerprint density at radius 1 is 0.867 bits per heavy atom. The van der Waals surface area contributed by atoms with Gasteiger partial charge in [0.05, 0.1) is 0 Å². The van der Waals surface area contributed by atoms with Gasteiger partial charge in [-0.05, 0) is 30.9 Å². The van der Waals surface area contributed by atoms with Crippen molar-refractivity contribution in [2.75, 3.05) is 6.54 Å². The predicted octanol–water partition coefficient (Wildman–Crippen LogP) is 5.28. The lowest BCUT2D eigenvalue weighted by Gasteiger charge is -2.34. The Labute approximate surface area is 177 Å². The molecule has 1 aliphatic carbocycles. The zero-order valence-electron chi connectivity index (χ0n) is 17.6. The quantitative estimate of drug-likeness (QED) is 0.666. The molecule has 1 fully saturated rings. The van der Waals surface area contributed by atoms with Gasteiger partial charge in [-0.3, -0.25) is 4.90 Å². The molecule has 1 atom stereocenters. The van der Waals surface area contributed by atoms with Gasteiger partial charge in [0.1, 0.15) is 0 Å². The molecular formula is C24H33F3N2O. The lowest BCUT2D eigenvalue weighted by molar-refractivity contribution is -0.248. The predicted molar refractivity (Wildman–Crippen MR) is 115 cm³/mol. The van der Waals surface area contributed by atoms with Crippen LogP contribution in [0.5, 0.6) is 0 Å². The van der Waals surface area contributed by atoms with Crippen molar-refractivity contribution in [1.82, 2.24) is 4.90 Å². The first-order chi connectivity index (χ1) is 14.2. The number of benzene rings is 2. The monoisotopic (exact) mass is 422 g/mol. The van der Waals surface area contributed by atoms with E-state index in [1.165, 1.54) is 43.2 Å². The van der Waals surface area contributed by atoms with Crippen LogP contribution in [0.25, 0.3) is 0 Å². The summed E-state index contributed by atoms with van der Waals surface area (Å²) in [6, 6.07) is 22.6. The van der Waals surface area contributed by atoms with E-state index in [9.17, 15) is 13.2 Å². The molecular weight excluding hydrogens is 389 g/mol. The number of hydrogen-bond donors (Lipinski definition) is 2. The molecule has 1 unspecified atom stereocenters. The first kappa shape index (κ1) is 24.4. The summed E-state index contributed by atoms with van der Waals surface area (Å²) < 4.78 is 34.5. The van der Waals surface area contributed by atoms with Gasteiger partial charge in [-0.15, -0.1) is 0 Å². The average molecular weight is 423 g/mol. The third-order valence-electron chi connectivity index (χ3n) is 5.56. The molecule has 0 aliphatic heterocycles. The fourth-order valence-electron chi connectivity index (χ4n) is 3.51. The maximum absolute atomic E-state index is 11.5. The van der Waals surface area contributed by atoms with Crippen LogP contribution in [0.4, 0.5) is 13.2 Å². The van der Waals surface area contributed by atoms with E-state index in [1.807, 2.05) is 0 Å². The van der Waals surface area contributed by atoms with E-state index < -0.39 is 18.3 Å². The molecule has 6 heteroatoms. The van der Waals surface area contributed by atoms with Gasteiger partial charge in [0.15, 0.2) is 5.60 Å². The second kappa shape index (κ2) is 11.5. The summed E-state index contributed by atoms with van der Waals surface area (Å²) >= 11 is 0. The highest BCUT2D eigenvalue weighted by Gasteiger charge is 2.48. The minimum atomic E-state index is -4.62. The molecule has 0 amide bonds. The summed E-state index contributed by atoms with van der Waals surface area (Å²) in [5, 5.41) is 8.41. The van der Waals surface area contributed by atoms with Gasteiger partial charge >= 0.3 is 6.18 Å². The molecule has 0 saturated heterocycles. The van der Waals surface area contributed by atoms with Crippen molar-refractivity contribution in [2.45, 2.75) is 69.9 Å². The second-order valence-corrected chi connectivity index (χ2v) is 8.14. The average Bonchev–Trinajstić information content (AvgIpc) is 2.75. The number of rotatable bonds is 6. The maximum Gasteiger partial charge on any atom is 0.418 e. The van der Waals surface area contributed by atoms with Gasteiger partial charge in [-0.1, -0.05) is 79.9 Å². The van der Waals surface area contributed by atoms with Gasteiger partial charge in [0.25, 0.3) is 0 Å². The molecule has 0 spiro atoms. The Bertz CT molecular complexity index is 673. The van der Waals surface area contributed by atoms with Crippen molar-refractivity contribution in [3.63, 3.8) is 0 Å². The molecule has 0 bridgehead atoms. The van der Waals surface area contributed by atoms with Crippen molar-refractivity contribution in [3.05, 3.63) is 71.8 Å². The molecule has 3 rings (SSSR count). The molecule has 0 radical (unpaired) electrons. The van der Waals surface area contributed by atoms with E-state index >= 15 is 0 Å². The first-order valence-electron chi connectivity index (χ1n) is 10.5. The number of aliphatic hydroxyl groups is 1. The molecule has 0 aromatic heterocycles. The Kier molecular flexibility index (Phi) is 9.34. The molecule has 0 heterocycles. The van der Waals surface area contributed by atoms with Crippen molar-refractivity contribution in [1.29, 1.82) is 0 Å². The normalized spacial score (nSPS) is 17.2. The summed E-state index contributed by atoms with van der Waals surface area (Å²) in [5.74, 6) is 0. The largest absolute Gasteiger partial charge is 0.418 e. The molecule has 1 saturated carbocycles. The molecule has 2 aromatic rings. The minimum Gasteiger partial charge on any atom is -0.380 e. The van der Waals surface area contributed by atoms with Gasteiger partial charge in [0, 0.05) is 25.7 Å². The standard InChI is InChI=1S/C20H25N.C4H8F3NO/c1-4-10-18(11-5-1)16-21(20-14-8-3-9-15-20)17-19-12-6-2-7-13-19;1-3(9,2-8)4(5,6)7/h1-2,4-7,10-13,20H,3,8-9,14-17H2;9H,2,8H2,1H3. The van der Waals surface area contributed by atoms with Crippen LogP contribution in [0.1, 0.15) is 50.2 Å². The molecule has 166 valence electrons. The van der Waals surface area contributed by atoms with E-state index in [0.717, 1.165) is 19.1 Å². The van der Waals surface area contributed by atoms with Crippen molar-refractivity contribution >= 4 is 0 Å². The Morgan fingerprint density at radius 2 is 1.30 bits per heavy atom. The summed E-state index contributed by atoms with van der Waals surface area (Å²) in [6.45, 7) is 1.96. The Balaban J connectivity index is 0.000000303. The Hall–Kier alpha value is -1.89. The maximum atomic E-state index is 11.5. The lowest BCUT2D eigenvalue weighted by Crippen LogP contribution is -2.48. The summed E-state index contributed by atoms with van der Waals surface area (Å²) in [6.07, 6.45) is 2.30. The van der Waals surface area contributed by atoms with E-state index in [4.69, 9.17) is 5.11 Å². The molecule has 1 aliphatic rings. The third kappa shape index (κ3) is 7.74. The van der Waals surface area contributed by atoms with E-state index in [-0.39, 0.29) is 0 Å². The summed E-state index contributed by atoms with van der Waals surface area (Å²) in [4.78, 5) is 2.68.